The molecule has 4 N–H and O–H groups in total. The number of alkyl halides is 3. The number of terminal acetylenes is 1. The number of nitrogens with zero attached hydrogens (tertiary/aromatic N) is 2. The first-order chi connectivity index (χ1) is 19.0. The average Bonchev–Trinajstić information content (AvgIpc) is 3.43. The lowest BCUT2D eigenvalue weighted by molar-refractivity contribution is -0.172. The number of primary amides is 1. The molecular formula is C29H35F3N4O5. The summed E-state index contributed by atoms with van der Waals surface area (Å²) in [6.45, 7) is 4.91. The first-order valence-corrected chi connectivity index (χ1v) is 13.6. The van der Waals surface area contributed by atoms with Crippen molar-refractivity contribution in [1.82, 2.24) is 9.80 Å². The van der Waals surface area contributed by atoms with Crippen LogP contribution in [0.1, 0.15) is 75.2 Å². The van der Waals surface area contributed by atoms with E-state index < -0.39 is 76.7 Å². The molecule has 1 aromatic rings. The molecule has 0 aliphatic carbocycles. The van der Waals surface area contributed by atoms with Gasteiger partial charge in [-0.05, 0) is 83.6 Å². The number of likely N-dealkylation sites (tertiary alicyclic amines) is 1. The monoisotopic (exact) mass is 576 g/mol. The van der Waals surface area contributed by atoms with Crippen LogP contribution in [0, 0.1) is 18.3 Å². The molecule has 0 spiro atoms. The normalized spacial score (nSPS) is 27.6. The molecule has 0 radical (unpaired) electrons. The van der Waals surface area contributed by atoms with Gasteiger partial charge in [0.15, 0.2) is 5.54 Å². The second kappa shape index (κ2) is 10.7. The number of nitrogens with two attached hydrogens (primary N) is 2. The number of amides is 3. The summed E-state index contributed by atoms with van der Waals surface area (Å²) in [5.41, 5.74) is 8.38. The van der Waals surface area contributed by atoms with Gasteiger partial charge >= 0.3 is 12.1 Å². The molecule has 1 aromatic carbocycles. The van der Waals surface area contributed by atoms with E-state index >= 15 is 0 Å². The van der Waals surface area contributed by atoms with Crippen LogP contribution >= 0.6 is 0 Å². The summed E-state index contributed by atoms with van der Waals surface area (Å²) >= 11 is 0. The maximum atomic E-state index is 14.2. The Morgan fingerprint density at radius 2 is 1.51 bits per heavy atom. The topological polar surface area (TPSA) is 136 Å². The number of benzene rings is 1. The Kier molecular flexibility index (Phi) is 7.90. The predicted octanol–water partition coefficient (Wildman–Crippen LogP) is 2.61. The fourth-order valence-corrected chi connectivity index (χ4v) is 6.37. The van der Waals surface area contributed by atoms with E-state index in [0.717, 1.165) is 29.2 Å². The Hall–Kier alpha value is -3.59. The maximum absolute atomic E-state index is 14.2. The van der Waals surface area contributed by atoms with E-state index in [1.807, 2.05) is 0 Å². The van der Waals surface area contributed by atoms with Gasteiger partial charge in [-0.1, -0.05) is 5.92 Å². The number of carbonyl (C=O) groups excluding carboxylic acids is 4. The van der Waals surface area contributed by atoms with Gasteiger partial charge in [0.2, 0.25) is 5.91 Å². The van der Waals surface area contributed by atoms with Gasteiger partial charge < -0.3 is 26.0 Å². The fourth-order valence-electron chi connectivity index (χ4n) is 6.37. The van der Waals surface area contributed by atoms with E-state index in [1.54, 1.807) is 25.7 Å². The van der Waals surface area contributed by atoms with Crippen LogP contribution in [0.25, 0.3) is 0 Å². The minimum Gasteiger partial charge on any atom is -0.458 e. The molecule has 5 atom stereocenters. The number of ether oxygens (including phenoxy) is 1. The molecule has 41 heavy (non-hydrogen) atoms. The van der Waals surface area contributed by atoms with E-state index in [0.29, 0.717) is 19.3 Å². The van der Waals surface area contributed by atoms with Crippen LogP contribution in [0.2, 0.25) is 0 Å². The first-order valence-electron chi connectivity index (χ1n) is 13.6. The van der Waals surface area contributed by atoms with E-state index in [2.05, 4.69) is 5.92 Å². The lowest BCUT2D eigenvalue weighted by atomic mass is 9.74. The van der Waals surface area contributed by atoms with Crippen molar-refractivity contribution in [1.29, 1.82) is 0 Å². The minimum atomic E-state index is -4.53. The van der Waals surface area contributed by atoms with E-state index in [4.69, 9.17) is 22.6 Å². The van der Waals surface area contributed by atoms with Crippen LogP contribution in [0.15, 0.2) is 24.3 Å². The third kappa shape index (κ3) is 5.64. The second-order valence-corrected chi connectivity index (χ2v) is 12.1. The highest BCUT2D eigenvalue weighted by molar-refractivity contribution is 6.09. The van der Waals surface area contributed by atoms with Crippen LogP contribution < -0.4 is 11.5 Å². The van der Waals surface area contributed by atoms with Crippen molar-refractivity contribution >= 4 is 23.7 Å². The SMILES string of the molecule is C#C[C@H]1CC[C@@H](C(N)=O)N1C(=O)[C@](N)(C(=O)OC(C)(C)C)C1CC2CCC(C1)N2C(=O)c1ccc(C(F)(F)F)cc1. The van der Waals surface area contributed by atoms with Crippen molar-refractivity contribution in [2.75, 3.05) is 0 Å². The molecule has 3 aliphatic rings. The van der Waals surface area contributed by atoms with Gasteiger partial charge in [0.25, 0.3) is 11.8 Å². The molecule has 3 amide bonds. The van der Waals surface area contributed by atoms with Crippen molar-refractivity contribution in [3.63, 3.8) is 0 Å². The van der Waals surface area contributed by atoms with Crippen molar-refractivity contribution in [3.8, 4) is 12.3 Å². The number of halogens is 3. The van der Waals surface area contributed by atoms with Gasteiger partial charge in [0, 0.05) is 23.6 Å². The van der Waals surface area contributed by atoms with E-state index in [1.165, 1.54) is 0 Å². The summed E-state index contributed by atoms with van der Waals surface area (Å²) in [4.78, 5) is 56.3. The molecule has 3 fully saturated rings. The molecule has 3 aliphatic heterocycles. The summed E-state index contributed by atoms with van der Waals surface area (Å²) in [5, 5.41) is 0. The zero-order valence-corrected chi connectivity index (χ0v) is 23.2. The number of hydrogen-bond acceptors (Lipinski definition) is 6. The Morgan fingerprint density at radius 3 is 1.98 bits per heavy atom. The zero-order chi connectivity index (χ0) is 30.5. The van der Waals surface area contributed by atoms with Crippen LogP contribution in [0.3, 0.4) is 0 Å². The molecule has 3 heterocycles. The Morgan fingerprint density at radius 1 is 0.951 bits per heavy atom. The summed E-state index contributed by atoms with van der Waals surface area (Å²) < 4.78 is 44.7. The van der Waals surface area contributed by atoms with E-state index in [9.17, 15) is 32.3 Å². The Bertz CT molecular complexity index is 1250. The highest BCUT2D eigenvalue weighted by Gasteiger charge is 2.60. The standard InChI is InChI=1S/C29H35F3N4O5/c1-5-19-12-13-22(23(33)37)36(19)25(39)28(34,26(40)41-27(2,3)4)18-14-20-10-11-21(15-18)35(20)24(38)16-6-8-17(9-7-16)29(30,31)32/h1,6-9,18-22H,10-15,34H2,2-4H3,(H2,33,37)/t18?,19-,20?,21?,22-,28-/m0/s1. The van der Waals surface area contributed by atoms with Gasteiger partial charge in [-0.15, -0.1) is 6.42 Å². The molecule has 3 saturated heterocycles. The van der Waals surface area contributed by atoms with Gasteiger partial charge in [-0.2, -0.15) is 13.2 Å². The molecule has 9 nitrogen and oxygen atoms in total. The van der Waals surface area contributed by atoms with Gasteiger partial charge in [-0.3, -0.25) is 14.4 Å². The molecule has 0 aromatic heterocycles. The number of carbonyl (C=O) groups is 4. The first kappa shape index (κ1) is 30.4. The average molecular weight is 577 g/mol. The summed E-state index contributed by atoms with van der Waals surface area (Å²) in [6.07, 6.45) is 3.13. The van der Waals surface area contributed by atoms with E-state index in [-0.39, 0.29) is 24.8 Å². The van der Waals surface area contributed by atoms with Crippen LogP contribution in [-0.2, 0) is 25.3 Å². The molecule has 4 rings (SSSR count). The molecular weight excluding hydrogens is 541 g/mol. The highest BCUT2D eigenvalue weighted by Crippen LogP contribution is 2.45. The largest absolute Gasteiger partial charge is 0.458 e. The van der Waals surface area contributed by atoms with Crippen molar-refractivity contribution in [3.05, 3.63) is 35.4 Å². The number of hydrogen-bond donors (Lipinski definition) is 2. The predicted molar refractivity (Wildman–Crippen MR) is 142 cm³/mol. The fraction of sp³-hybridized carbons (Fsp3) is 0.586. The van der Waals surface area contributed by atoms with Crippen LogP contribution in [-0.4, -0.2) is 68.8 Å². The number of fused-ring (bicyclic) bond motifs is 2. The molecule has 0 saturated carbocycles. The van der Waals surface area contributed by atoms with Gasteiger partial charge in [0.05, 0.1) is 11.6 Å². The van der Waals surface area contributed by atoms with Crippen molar-refractivity contribution in [2.24, 2.45) is 17.4 Å². The second-order valence-electron chi connectivity index (χ2n) is 12.1. The Labute approximate surface area is 236 Å². The molecule has 2 unspecified atom stereocenters. The van der Waals surface area contributed by atoms with Gasteiger partial charge in [0.1, 0.15) is 11.6 Å². The molecule has 12 heteroatoms. The zero-order valence-electron chi connectivity index (χ0n) is 23.2. The summed E-state index contributed by atoms with van der Waals surface area (Å²) in [6, 6.07) is 1.36. The van der Waals surface area contributed by atoms with Crippen molar-refractivity contribution < 1.29 is 37.1 Å². The third-order valence-corrected chi connectivity index (χ3v) is 8.30. The lowest BCUT2D eigenvalue weighted by Crippen LogP contribution is -2.70. The van der Waals surface area contributed by atoms with Crippen LogP contribution in [0.5, 0.6) is 0 Å². The minimum absolute atomic E-state index is 0.105. The third-order valence-electron chi connectivity index (χ3n) is 8.30. The number of rotatable bonds is 5. The quantitative estimate of drug-likeness (QED) is 0.314. The van der Waals surface area contributed by atoms with Crippen LogP contribution in [0.4, 0.5) is 13.2 Å². The summed E-state index contributed by atoms with van der Waals surface area (Å²) in [7, 11) is 0. The smallest absolute Gasteiger partial charge is 0.416 e. The highest BCUT2D eigenvalue weighted by atomic mass is 19.4. The van der Waals surface area contributed by atoms with Gasteiger partial charge in [-0.25, -0.2) is 4.79 Å². The van der Waals surface area contributed by atoms with Crippen molar-refractivity contribution in [2.45, 2.75) is 101 Å². The Balaban J connectivity index is 1.65. The summed E-state index contributed by atoms with van der Waals surface area (Å²) in [5.74, 6) is -1.29. The number of piperidine rings is 1. The number of esters is 1. The maximum Gasteiger partial charge on any atom is 0.416 e. The molecule has 2 bridgehead atoms. The molecule has 222 valence electrons. The lowest BCUT2D eigenvalue weighted by Gasteiger charge is -2.46.